The molecule has 0 aliphatic carbocycles. The Hall–Kier alpha value is -3.55. The van der Waals surface area contributed by atoms with Crippen LogP contribution in [0.15, 0.2) is 42.5 Å². The van der Waals surface area contributed by atoms with Gasteiger partial charge in [0.1, 0.15) is 23.6 Å². The fraction of sp³-hybridized carbons (Fsp3) is 0.400. The van der Waals surface area contributed by atoms with Gasteiger partial charge in [-0.25, -0.2) is 20.0 Å². The minimum absolute atomic E-state index is 0.0453. The first kappa shape index (κ1) is 24.1. The van der Waals surface area contributed by atoms with Crippen LogP contribution in [0.25, 0.3) is 0 Å². The molecule has 2 amide bonds. The molecule has 0 radical (unpaired) electrons. The summed E-state index contributed by atoms with van der Waals surface area (Å²) in [7, 11) is 0. The first-order valence-corrected chi connectivity index (χ1v) is 10.7. The average molecular weight is 455 g/mol. The second-order valence-corrected chi connectivity index (χ2v) is 9.79. The van der Waals surface area contributed by atoms with Crippen molar-refractivity contribution in [3.8, 4) is 5.75 Å². The van der Waals surface area contributed by atoms with Crippen molar-refractivity contribution in [2.45, 2.75) is 65.9 Å². The van der Waals surface area contributed by atoms with Crippen molar-refractivity contribution >= 4 is 18.0 Å². The number of carbonyl (C=O) groups excluding carboxylic acids is 3. The van der Waals surface area contributed by atoms with Crippen LogP contribution in [-0.2, 0) is 22.6 Å². The summed E-state index contributed by atoms with van der Waals surface area (Å²) in [6.45, 7) is 10.6. The third-order valence-electron chi connectivity index (χ3n) is 4.51. The number of nitrogens with zero attached hydrogens (tertiary/aromatic N) is 1. The van der Waals surface area contributed by atoms with Gasteiger partial charge in [0.25, 0.3) is 0 Å². The molecule has 8 nitrogen and oxygen atoms in total. The molecule has 1 heterocycles. The minimum atomic E-state index is -0.795. The van der Waals surface area contributed by atoms with E-state index in [4.69, 9.17) is 14.2 Å². The van der Waals surface area contributed by atoms with E-state index in [2.05, 4.69) is 5.43 Å². The Bertz CT molecular complexity index is 1070. The van der Waals surface area contributed by atoms with Crippen molar-refractivity contribution in [2.75, 3.05) is 0 Å². The Kier molecular flexibility index (Phi) is 6.67. The number of fused-ring (bicyclic) bond motifs is 2. The molecule has 0 atom stereocenters. The van der Waals surface area contributed by atoms with Gasteiger partial charge in [0, 0.05) is 11.1 Å². The van der Waals surface area contributed by atoms with Crippen molar-refractivity contribution in [3.63, 3.8) is 0 Å². The first-order valence-electron chi connectivity index (χ1n) is 10.7. The smallest absolute Gasteiger partial charge is 0.429 e. The Morgan fingerprint density at radius 3 is 2.30 bits per heavy atom. The first-order chi connectivity index (χ1) is 15.3. The fourth-order valence-electron chi connectivity index (χ4n) is 3.21. The van der Waals surface area contributed by atoms with E-state index in [-0.39, 0.29) is 12.3 Å². The lowest BCUT2D eigenvalue weighted by Crippen LogP contribution is -2.49. The monoisotopic (exact) mass is 454 g/mol. The second kappa shape index (κ2) is 9.13. The molecule has 0 bridgehead atoms. The molecular weight excluding hydrogens is 424 g/mol. The minimum Gasteiger partial charge on any atom is -0.488 e. The highest BCUT2D eigenvalue weighted by molar-refractivity contribution is 6.12. The molecule has 0 aromatic heterocycles. The number of ether oxygens (including phenoxy) is 3. The summed E-state index contributed by atoms with van der Waals surface area (Å²) in [6, 6.07) is 12.4. The third-order valence-corrected chi connectivity index (χ3v) is 4.51. The number of hydrazine groups is 1. The number of ketones is 1. The maximum Gasteiger partial charge on any atom is 0.429 e. The molecule has 2 aromatic rings. The zero-order chi connectivity index (χ0) is 24.4. The normalized spacial score (nSPS) is 13.1. The zero-order valence-electron chi connectivity index (χ0n) is 19.9. The maximum absolute atomic E-state index is 13.1. The van der Waals surface area contributed by atoms with Crippen LogP contribution in [0.3, 0.4) is 0 Å². The van der Waals surface area contributed by atoms with Gasteiger partial charge < -0.3 is 14.2 Å². The van der Waals surface area contributed by atoms with Gasteiger partial charge in [-0.3, -0.25) is 4.79 Å². The van der Waals surface area contributed by atoms with Gasteiger partial charge in [-0.15, -0.1) is 0 Å². The van der Waals surface area contributed by atoms with E-state index in [0.29, 0.717) is 29.0 Å². The second-order valence-electron chi connectivity index (χ2n) is 9.79. The molecule has 8 heteroatoms. The van der Waals surface area contributed by atoms with Crippen LogP contribution < -0.4 is 10.2 Å². The van der Waals surface area contributed by atoms with Gasteiger partial charge in [0.2, 0.25) is 0 Å². The molecule has 2 aromatic carbocycles. The Balaban J connectivity index is 1.88. The number of rotatable bonds is 2. The fourth-order valence-corrected chi connectivity index (χ4v) is 3.21. The van der Waals surface area contributed by atoms with E-state index in [1.807, 2.05) is 12.1 Å². The maximum atomic E-state index is 13.1. The van der Waals surface area contributed by atoms with Crippen molar-refractivity contribution < 1.29 is 28.6 Å². The van der Waals surface area contributed by atoms with Crippen molar-refractivity contribution in [1.82, 2.24) is 10.4 Å². The summed E-state index contributed by atoms with van der Waals surface area (Å²) in [6.07, 6.45) is -1.55. The molecule has 1 aliphatic rings. The van der Waals surface area contributed by atoms with E-state index < -0.39 is 23.4 Å². The van der Waals surface area contributed by atoms with Crippen molar-refractivity contribution in [3.05, 3.63) is 64.7 Å². The Morgan fingerprint density at radius 2 is 1.64 bits per heavy atom. The van der Waals surface area contributed by atoms with Crippen LogP contribution in [0.4, 0.5) is 9.59 Å². The molecule has 0 unspecified atom stereocenters. The van der Waals surface area contributed by atoms with Gasteiger partial charge >= 0.3 is 12.2 Å². The summed E-state index contributed by atoms with van der Waals surface area (Å²) in [4.78, 5) is 38.3. The number of hydrogen-bond donors (Lipinski definition) is 1. The Labute approximate surface area is 193 Å². The highest BCUT2D eigenvalue weighted by Crippen LogP contribution is 2.29. The highest BCUT2D eigenvalue weighted by atomic mass is 16.6. The highest BCUT2D eigenvalue weighted by Gasteiger charge is 2.27. The summed E-state index contributed by atoms with van der Waals surface area (Å²) in [5, 5.41) is 1.02. The van der Waals surface area contributed by atoms with Crippen molar-refractivity contribution in [1.29, 1.82) is 0 Å². The molecule has 0 saturated heterocycles. The molecule has 0 spiro atoms. The number of benzene rings is 2. The van der Waals surface area contributed by atoms with Gasteiger partial charge in [-0.1, -0.05) is 30.3 Å². The number of hydrogen-bond acceptors (Lipinski definition) is 6. The SMILES string of the molecule is CC(C)(C)OC(=O)NN(Cc1ccc2c(c1)C(=O)c1ccccc1CO2)C(=O)OC(C)(C)C. The molecule has 3 rings (SSSR count). The van der Waals surface area contributed by atoms with Crippen LogP contribution in [0, 0.1) is 0 Å². The molecular formula is C25H30N2O6. The lowest BCUT2D eigenvalue weighted by molar-refractivity contribution is -0.000659. The topological polar surface area (TPSA) is 94.2 Å². The van der Waals surface area contributed by atoms with Gasteiger partial charge in [0.05, 0.1) is 12.1 Å². The summed E-state index contributed by atoms with van der Waals surface area (Å²) < 4.78 is 16.5. The number of carbonyl (C=O) groups is 3. The van der Waals surface area contributed by atoms with E-state index >= 15 is 0 Å². The van der Waals surface area contributed by atoms with Crippen LogP contribution in [-0.4, -0.2) is 34.2 Å². The van der Waals surface area contributed by atoms with Gasteiger partial charge in [-0.05, 0) is 59.2 Å². The third kappa shape index (κ3) is 6.47. The summed E-state index contributed by atoms with van der Waals surface area (Å²) in [5.41, 5.74) is 3.30. The number of nitrogens with one attached hydrogen (secondary N) is 1. The van der Waals surface area contributed by atoms with Crippen LogP contribution >= 0.6 is 0 Å². The quantitative estimate of drug-likeness (QED) is 0.643. The lowest BCUT2D eigenvalue weighted by Gasteiger charge is -2.29. The van der Waals surface area contributed by atoms with E-state index in [1.165, 1.54) is 0 Å². The largest absolute Gasteiger partial charge is 0.488 e. The van der Waals surface area contributed by atoms with E-state index in [9.17, 15) is 14.4 Å². The molecule has 1 aliphatic heterocycles. The summed E-state index contributed by atoms with van der Waals surface area (Å²) >= 11 is 0. The van der Waals surface area contributed by atoms with Crippen LogP contribution in [0.2, 0.25) is 0 Å². The molecule has 1 N–H and O–H groups in total. The lowest BCUT2D eigenvalue weighted by atomic mass is 9.98. The Morgan fingerprint density at radius 1 is 0.970 bits per heavy atom. The molecule has 33 heavy (non-hydrogen) atoms. The summed E-state index contributed by atoms with van der Waals surface area (Å²) in [5.74, 6) is 0.299. The van der Waals surface area contributed by atoms with E-state index in [0.717, 1.165) is 10.6 Å². The standard InChI is InChI=1S/C25H30N2O6/c1-24(2,3)32-22(29)26-27(23(30)33-25(4,5)6)14-16-11-12-20-19(13-16)21(28)18-10-8-7-9-17(18)15-31-20/h7-13H,14-15H2,1-6H3,(H,26,29). The van der Waals surface area contributed by atoms with Gasteiger partial charge in [0.15, 0.2) is 5.78 Å². The van der Waals surface area contributed by atoms with Crippen molar-refractivity contribution in [2.24, 2.45) is 0 Å². The molecule has 176 valence electrons. The predicted molar refractivity (Wildman–Crippen MR) is 122 cm³/mol. The molecule has 0 fully saturated rings. The van der Waals surface area contributed by atoms with Crippen LogP contribution in [0.5, 0.6) is 5.75 Å². The zero-order valence-corrected chi connectivity index (χ0v) is 19.9. The number of amides is 2. The predicted octanol–water partition coefficient (Wildman–Crippen LogP) is 4.99. The van der Waals surface area contributed by atoms with E-state index in [1.54, 1.807) is 71.9 Å². The molecule has 0 saturated carbocycles. The van der Waals surface area contributed by atoms with Crippen LogP contribution in [0.1, 0.15) is 68.6 Å². The van der Waals surface area contributed by atoms with Gasteiger partial charge in [-0.2, -0.15) is 0 Å². The average Bonchev–Trinajstić information content (AvgIpc) is 2.82.